The lowest BCUT2D eigenvalue weighted by atomic mass is 10.2. The van der Waals surface area contributed by atoms with E-state index in [1.165, 1.54) is 13.2 Å². The van der Waals surface area contributed by atoms with Gasteiger partial charge in [0.2, 0.25) is 0 Å². The molecular formula is C17H15ClO5. The molecule has 0 aliphatic heterocycles. The molecule has 23 heavy (non-hydrogen) atoms. The van der Waals surface area contributed by atoms with Crippen LogP contribution in [0.5, 0.6) is 11.5 Å². The predicted octanol–water partition coefficient (Wildman–Crippen LogP) is 3.40. The van der Waals surface area contributed by atoms with Gasteiger partial charge in [-0.3, -0.25) is 4.79 Å². The molecule has 0 bridgehead atoms. The van der Waals surface area contributed by atoms with Crippen LogP contribution in [-0.4, -0.2) is 32.6 Å². The van der Waals surface area contributed by atoms with Crippen molar-refractivity contribution in [1.82, 2.24) is 0 Å². The molecule has 0 aromatic heterocycles. The Morgan fingerprint density at radius 2 is 1.96 bits per heavy atom. The fraction of sp³-hybridized carbons (Fsp3) is 0.176. The van der Waals surface area contributed by atoms with Gasteiger partial charge in [-0.25, -0.2) is 4.79 Å². The van der Waals surface area contributed by atoms with Crippen molar-refractivity contribution in [3.8, 4) is 11.5 Å². The number of ether oxygens (including phenoxy) is 3. The summed E-state index contributed by atoms with van der Waals surface area (Å²) in [6.45, 7) is 0.229. The van der Waals surface area contributed by atoms with Crippen LogP contribution in [0, 0.1) is 0 Å². The van der Waals surface area contributed by atoms with Gasteiger partial charge in [0.25, 0.3) is 0 Å². The molecule has 0 amide bonds. The van der Waals surface area contributed by atoms with Crippen LogP contribution >= 0.6 is 11.6 Å². The first-order valence-electron chi connectivity index (χ1n) is 6.82. The van der Waals surface area contributed by atoms with Gasteiger partial charge in [0.15, 0.2) is 11.5 Å². The lowest BCUT2D eigenvalue weighted by Gasteiger charge is -2.11. The fourth-order valence-electron chi connectivity index (χ4n) is 1.86. The van der Waals surface area contributed by atoms with E-state index in [0.29, 0.717) is 27.6 Å². The lowest BCUT2D eigenvalue weighted by molar-refractivity contribution is 0.0449. The van der Waals surface area contributed by atoms with E-state index in [-0.39, 0.29) is 13.2 Å². The second-order valence-corrected chi connectivity index (χ2v) is 4.96. The van der Waals surface area contributed by atoms with E-state index in [4.69, 9.17) is 25.8 Å². The van der Waals surface area contributed by atoms with Gasteiger partial charge >= 0.3 is 5.97 Å². The van der Waals surface area contributed by atoms with Crippen molar-refractivity contribution >= 4 is 23.9 Å². The van der Waals surface area contributed by atoms with Crippen molar-refractivity contribution in [2.75, 3.05) is 20.3 Å². The van der Waals surface area contributed by atoms with Gasteiger partial charge in [-0.1, -0.05) is 17.7 Å². The molecule has 0 radical (unpaired) electrons. The minimum absolute atomic E-state index is 0.0733. The Hall–Kier alpha value is -2.53. The number of esters is 1. The molecule has 0 atom stereocenters. The van der Waals surface area contributed by atoms with Crippen molar-refractivity contribution in [3.63, 3.8) is 0 Å². The van der Waals surface area contributed by atoms with E-state index in [1.807, 2.05) is 0 Å². The molecule has 0 saturated carbocycles. The summed E-state index contributed by atoms with van der Waals surface area (Å²) in [7, 11) is 1.48. The van der Waals surface area contributed by atoms with Crippen LogP contribution in [0.2, 0.25) is 5.02 Å². The predicted molar refractivity (Wildman–Crippen MR) is 85.6 cm³/mol. The topological polar surface area (TPSA) is 61.8 Å². The number of hydrogen-bond donors (Lipinski definition) is 0. The second kappa shape index (κ2) is 8.19. The average molecular weight is 335 g/mol. The van der Waals surface area contributed by atoms with Gasteiger partial charge in [0.1, 0.15) is 19.5 Å². The summed E-state index contributed by atoms with van der Waals surface area (Å²) in [5.74, 6) is 0.437. The van der Waals surface area contributed by atoms with Crippen LogP contribution in [-0.2, 0) is 4.74 Å². The summed E-state index contributed by atoms with van der Waals surface area (Å²) < 4.78 is 15.7. The van der Waals surface area contributed by atoms with Crippen LogP contribution in [0.25, 0.3) is 0 Å². The van der Waals surface area contributed by atoms with Crippen molar-refractivity contribution in [2.24, 2.45) is 0 Å². The molecule has 120 valence electrons. The van der Waals surface area contributed by atoms with E-state index >= 15 is 0 Å². The quantitative estimate of drug-likeness (QED) is 0.441. The third kappa shape index (κ3) is 4.72. The number of halogens is 1. The number of aldehydes is 1. The first-order chi connectivity index (χ1) is 11.1. The SMILES string of the molecule is COc1cc(C=O)ccc1OCCOC(=O)c1cccc(Cl)c1. The molecule has 5 nitrogen and oxygen atoms in total. The maximum atomic E-state index is 11.8. The molecule has 0 N–H and O–H groups in total. The highest BCUT2D eigenvalue weighted by Crippen LogP contribution is 2.27. The maximum absolute atomic E-state index is 11.8. The number of benzene rings is 2. The summed E-state index contributed by atoms with van der Waals surface area (Å²) >= 11 is 5.82. The van der Waals surface area contributed by atoms with Gasteiger partial charge < -0.3 is 14.2 Å². The maximum Gasteiger partial charge on any atom is 0.338 e. The third-order valence-corrected chi connectivity index (χ3v) is 3.19. The molecule has 0 fully saturated rings. The van der Waals surface area contributed by atoms with Crippen molar-refractivity contribution < 1.29 is 23.8 Å². The molecule has 0 saturated heterocycles. The van der Waals surface area contributed by atoms with Crippen LogP contribution in [0.4, 0.5) is 0 Å². The highest BCUT2D eigenvalue weighted by molar-refractivity contribution is 6.30. The normalized spacial score (nSPS) is 10.0. The molecule has 2 rings (SSSR count). The molecule has 0 aliphatic rings. The summed E-state index contributed by atoms with van der Waals surface area (Å²) in [6.07, 6.45) is 0.721. The van der Waals surface area contributed by atoms with E-state index in [9.17, 15) is 9.59 Å². The largest absolute Gasteiger partial charge is 0.493 e. The molecule has 0 unspecified atom stereocenters. The third-order valence-electron chi connectivity index (χ3n) is 2.96. The Morgan fingerprint density at radius 1 is 1.13 bits per heavy atom. The van der Waals surface area contributed by atoms with Crippen LogP contribution < -0.4 is 9.47 Å². The number of methoxy groups -OCH3 is 1. The zero-order valence-electron chi connectivity index (χ0n) is 12.5. The minimum Gasteiger partial charge on any atom is -0.493 e. The first-order valence-corrected chi connectivity index (χ1v) is 7.20. The Kier molecular flexibility index (Phi) is 6.00. The van der Waals surface area contributed by atoms with Gasteiger partial charge in [-0.2, -0.15) is 0 Å². The van der Waals surface area contributed by atoms with Crippen molar-refractivity contribution in [1.29, 1.82) is 0 Å². The summed E-state index contributed by atoms with van der Waals surface area (Å²) in [4.78, 5) is 22.5. The van der Waals surface area contributed by atoms with Gasteiger partial charge in [0.05, 0.1) is 12.7 Å². The van der Waals surface area contributed by atoms with Gasteiger partial charge in [-0.05, 0) is 36.4 Å². The Bertz CT molecular complexity index is 699. The Balaban J connectivity index is 1.86. The van der Waals surface area contributed by atoms with Crippen molar-refractivity contribution in [3.05, 3.63) is 58.6 Å². The van der Waals surface area contributed by atoms with E-state index in [1.54, 1.807) is 36.4 Å². The van der Waals surface area contributed by atoms with E-state index in [2.05, 4.69) is 0 Å². The smallest absolute Gasteiger partial charge is 0.338 e. The van der Waals surface area contributed by atoms with Crippen LogP contribution in [0.3, 0.4) is 0 Å². The Labute approximate surface area is 138 Å². The summed E-state index contributed by atoms with van der Waals surface area (Å²) in [5.41, 5.74) is 0.868. The van der Waals surface area contributed by atoms with Crippen molar-refractivity contribution in [2.45, 2.75) is 0 Å². The first kappa shape index (κ1) is 16.8. The van der Waals surface area contributed by atoms with Crippen LogP contribution in [0.15, 0.2) is 42.5 Å². The highest BCUT2D eigenvalue weighted by Gasteiger charge is 2.09. The molecule has 2 aromatic carbocycles. The Morgan fingerprint density at radius 3 is 2.65 bits per heavy atom. The number of hydrogen-bond acceptors (Lipinski definition) is 5. The number of carbonyl (C=O) groups excluding carboxylic acids is 2. The minimum atomic E-state index is -0.473. The second-order valence-electron chi connectivity index (χ2n) is 4.52. The number of rotatable bonds is 7. The molecule has 0 heterocycles. The molecule has 0 spiro atoms. The average Bonchev–Trinajstić information content (AvgIpc) is 2.58. The highest BCUT2D eigenvalue weighted by atomic mass is 35.5. The van der Waals surface area contributed by atoms with E-state index < -0.39 is 5.97 Å². The lowest BCUT2D eigenvalue weighted by Crippen LogP contribution is -2.12. The molecule has 6 heteroatoms. The molecule has 2 aromatic rings. The number of carbonyl (C=O) groups is 2. The molecular weight excluding hydrogens is 320 g/mol. The zero-order chi connectivity index (χ0) is 16.7. The summed E-state index contributed by atoms with van der Waals surface area (Å²) in [6, 6.07) is 11.3. The molecule has 0 aliphatic carbocycles. The fourth-order valence-corrected chi connectivity index (χ4v) is 2.05. The van der Waals surface area contributed by atoms with Gasteiger partial charge in [0, 0.05) is 10.6 Å². The monoisotopic (exact) mass is 334 g/mol. The standard InChI is InChI=1S/C17H15ClO5/c1-21-16-9-12(11-19)5-6-15(16)22-7-8-23-17(20)13-3-2-4-14(18)10-13/h2-6,9-11H,7-8H2,1H3. The van der Waals surface area contributed by atoms with Gasteiger partial charge in [-0.15, -0.1) is 0 Å². The van der Waals surface area contributed by atoms with Crippen LogP contribution in [0.1, 0.15) is 20.7 Å². The zero-order valence-corrected chi connectivity index (χ0v) is 13.2. The van der Waals surface area contributed by atoms with E-state index in [0.717, 1.165) is 6.29 Å². The summed E-state index contributed by atoms with van der Waals surface area (Å²) in [5, 5.41) is 0.468.